The largest absolute Gasteiger partial charge is 0.274 e. The lowest BCUT2D eigenvalue weighted by molar-refractivity contribution is -0.385. The average Bonchev–Trinajstić information content (AvgIpc) is 2.09. The fraction of sp³-hybridized carbons (Fsp3) is 0.125. The number of halogens is 1. The summed E-state index contributed by atoms with van der Waals surface area (Å²) < 4.78 is 0. The van der Waals surface area contributed by atoms with E-state index < -0.39 is 4.92 Å². The summed E-state index contributed by atoms with van der Waals surface area (Å²) in [5.74, 6) is 0. The number of isocyanates is 1. The molecule has 0 heterocycles. The van der Waals surface area contributed by atoms with Gasteiger partial charge in [-0.25, -0.2) is 4.79 Å². The number of rotatable bonds is 2. The van der Waals surface area contributed by atoms with Crippen LogP contribution in [0.3, 0.4) is 0 Å². The second kappa shape index (κ2) is 4.00. The van der Waals surface area contributed by atoms with Crippen LogP contribution in [0.15, 0.2) is 17.1 Å². The SMILES string of the molecule is Cc1cc(Cl)c(N=C=O)cc1[N+](=O)[O-]. The highest BCUT2D eigenvalue weighted by atomic mass is 35.5. The van der Waals surface area contributed by atoms with Gasteiger partial charge in [0.25, 0.3) is 5.69 Å². The van der Waals surface area contributed by atoms with E-state index in [-0.39, 0.29) is 16.4 Å². The Morgan fingerprint density at radius 3 is 2.71 bits per heavy atom. The first-order valence-corrected chi connectivity index (χ1v) is 3.96. The minimum atomic E-state index is -0.560. The second-order valence-electron chi connectivity index (χ2n) is 2.55. The van der Waals surface area contributed by atoms with Crippen molar-refractivity contribution in [1.82, 2.24) is 0 Å². The van der Waals surface area contributed by atoms with Crippen LogP contribution in [0, 0.1) is 17.0 Å². The molecule has 0 atom stereocenters. The zero-order valence-electron chi connectivity index (χ0n) is 7.15. The first-order valence-electron chi connectivity index (χ1n) is 3.58. The molecule has 0 aliphatic heterocycles. The molecule has 0 amide bonds. The van der Waals surface area contributed by atoms with Gasteiger partial charge in [-0.15, -0.1) is 0 Å². The number of aryl methyl sites for hydroxylation is 1. The van der Waals surface area contributed by atoms with Crippen molar-refractivity contribution >= 4 is 29.1 Å². The van der Waals surface area contributed by atoms with E-state index in [1.807, 2.05) is 0 Å². The first kappa shape index (κ1) is 10.4. The van der Waals surface area contributed by atoms with E-state index in [1.165, 1.54) is 12.1 Å². The summed E-state index contributed by atoms with van der Waals surface area (Å²) in [6.07, 6.45) is 1.28. The van der Waals surface area contributed by atoms with Crippen molar-refractivity contribution in [3.8, 4) is 0 Å². The molecule has 0 aromatic heterocycles. The quantitative estimate of drug-likeness (QED) is 0.327. The summed E-state index contributed by atoms with van der Waals surface area (Å²) in [6, 6.07) is 2.53. The Hall–Kier alpha value is -1.71. The Labute approximate surface area is 84.2 Å². The van der Waals surface area contributed by atoms with Crippen LogP contribution in [-0.4, -0.2) is 11.0 Å². The number of hydrogen-bond acceptors (Lipinski definition) is 4. The topological polar surface area (TPSA) is 72.6 Å². The van der Waals surface area contributed by atoms with Gasteiger partial charge < -0.3 is 0 Å². The van der Waals surface area contributed by atoms with Gasteiger partial charge in [0.2, 0.25) is 6.08 Å². The minimum Gasteiger partial charge on any atom is -0.258 e. The number of carbonyl (C=O) groups excluding carboxylic acids is 1. The van der Waals surface area contributed by atoms with Crippen LogP contribution in [0.25, 0.3) is 0 Å². The summed E-state index contributed by atoms with van der Waals surface area (Å²) in [4.78, 5) is 23.2. The zero-order chi connectivity index (χ0) is 10.7. The van der Waals surface area contributed by atoms with Crippen LogP contribution in [0.2, 0.25) is 5.02 Å². The van der Waals surface area contributed by atoms with Gasteiger partial charge in [-0.3, -0.25) is 10.1 Å². The van der Waals surface area contributed by atoms with Crippen molar-refractivity contribution in [2.75, 3.05) is 0 Å². The summed E-state index contributed by atoms with van der Waals surface area (Å²) in [7, 11) is 0. The van der Waals surface area contributed by atoms with E-state index in [2.05, 4.69) is 4.99 Å². The monoisotopic (exact) mass is 212 g/mol. The van der Waals surface area contributed by atoms with E-state index in [1.54, 1.807) is 6.92 Å². The smallest absolute Gasteiger partial charge is 0.258 e. The van der Waals surface area contributed by atoms with Gasteiger partial charge in [0, 0.05) is 11.6 Å². The Kier molecular flexibility index (Phi) is 2.96. The molecule has 1 aromatic rings. The lowest BCUT2D eigenvalue weighted by atomic mass is 10.2. The Bertz CT molecular complexity index is 415. The molecular weight excluding hydrogens is 208 g/mol. The minimum absolute atomic E-state index is 0.0546. The van der Waals surface area contributed by atoms with Crippen molar-refractivity contribution in [2.24, 2.45) is 4.99 Å². The van der Waals surface area contributed by atoms with E-state index in [9.17, 15) is 14.9 Å². The van der Waals surface area contributed by atoms with E-state index >= 15 is 0 Å². The normalized spacial score (nSPS) is 9.29. The zero-order valence-corrected chi connectivity index (χ0v) is 7.91. The van der Waals surface area contributed by atoms with E-state index in [0.717, 1.165) is 6.07 Å². The Balaban J connectivity index is 3.41. The molecule has 0 bridgehead atoms. The van der Waals surface area contributed by atoms with Gasteiger partial charge in [-0.1, -0.05) is 11.6 Å². The summed E-state index contributed by atoms with van der Waals surface area (Å²) in [5, 5.41) is 10.7. The van der Waals surface area contributed by atoms with Gasteiger partial charge in [0.05, 0.1) is 9.95 Å². The Morgan fingerprint density at radius 1 is 1.57 bits per heavy atom. The van der Waals surface area contributed by atoms with Gasteiger partial charge in [-0.2, -0.15) is 4.99 Å². The molecule has 0 aliphatic carbocycles. The number of hydrogen-bond donors (Lipinski definition) is 0. The summed E-state index contributed by atoms with van der Waals surface area (Å²) in [6.45, 7) is 1.55. The summed E-state index contributed by atoms with van der Waals surface area (Å²) in [5.41, 5.74) is 0.354. The molecule has 6 heteroatoms. The van der Waals surface area contributed by atoms with Crippen molar-refractivity contribution in [3.63, 3.8) is 0 Å². The van der Waals surface area contributed by atoms with Crippen LogP contribution in [-0.2, 0) is 4.79 Å². The third-order valence-corrected chi connectivity index (χ3v) is 1.93. The molecule has 0 unspecified atom stereocenters. The van der Waals surface area contributed by atoms with Crippen LogP contribution < -0.4 is 0 Å². The molecule has 0 N–H and O–H groups in total. The van der Waals surface area contributed by atoms with Crippen LogP contribution >= 0.6 is 11.6 Å². The van der Waals surface area contributed by atoms with Crippen molar-refractivity contribution in [2.45, 2.75) is 6.92 Å². The molecule has 0 fully saturated rings. The standard InChI is InChI=1S/C8H5ClN2O3/c1-5-2-6(9)7(10-4-12)3-8(5)11(13)14/h2-3H,1H3. The summed E-state index contributed by atoms with van der Waals surface area (Å²) >= 11 is 5.69. The maximum atomic E-state index is 10.5. The second-order valence-corrected chi connectivity index (χ2v) is 2.96. The molecule has 5 nitrogen and oxygen atoms in total. The van der Waals surface area contributed by atoms with Crippen molar-refractivity contribution in [3.05, 3.63) is 32.8 Å². The number of aliphatic imine (C=N–C) groups is 1. The highest BCUT2D eigenvalue weighted by Crippen LogP contribution is 2.31. The highest BCUT2D eigenvalue weighted by molar-refractivity contribution is 6.33. The average molecular weight is 213 g/mol. The lowest BCUT2D eigenvalue weighted by Crippen LogP contribution is -1.91. The number of benzene rings is 1. The third-order valence-electron chi connectivity index (χ3n) is 1.63. The molecule has 14 heavy (non-hydrogen) atoms. The van der Waals surface area contributed by atoms with Crippen molar-refractivity contribution in [1.29, 1.82) is 0 Å². The Morgan fingerprint density at radius 2 is 2.21 bits per heavy atom. The van der Waals surface area contributed by atoms with Crippen LogP contribution in [0.1, 0.15) is 5.56 Å². The predicted molar refractivity (Wildman–Crippen MR) is 50.6 cm³/mol. The van der Waals surface area contributed by atoms with Gasteiger partial charge >= 0.3 is 0 Å². The maximum absolute atomic E-state index is 10.5. The lowest BCUT2D eigenvalue weighted by Gasteiger charge is -1.99. The van der Waals surface area contributed by atoms with E-state index in [4.69, 9.17) is 11.6 Å². The molecule has 1 rings (SSSR count). The molecule has 1 aromatic carbocycles. The highest BCUT2D eigenvalue weighted by Gasteiger charge is 2.13. The molecule has 0 radical (unpaired) electrons. The van der Waals surface area contributed by atoms with Gasteiger partial charge in [-0.05, 0) is 13.0 Å². The third kappa shape index (κ3) is 1.96. The van der Waals surface area contributed by atoms with Gasteiger partial charge in [0.15, 0.2) is 0 Å². The van der Waals surface area contributed by atoms with E-state index in [0.29, 0.717) is 5.56 Å². The fourth-order valence-corrected chi connectivity index (χ4v) is 1.24. The first-order chi connectivity index (χ1) is 6.56. The predicted octanol–water partition coefficient (Wildman–Crippen LogP) is 2.52. The number of nitro groups is 1. The van der Waals surface area contributed by atoms with Crippen LogP contribution in [0.5, 0.6) is 0 Å². The van der Waals surface area contributed by atoms with Gasteiger partial charge in [0.1, 0.15) is 5.69 Å². The molecule has 0 spiro atoms. The molecule has 0 aliphatic rings. The van der Waals surface area contributed by atoms with Crippen molar-refractivity contribution < 1.29 is 9.72 Å². The number of nitrogens with zero attached hydrogens (tertiary/aromatic N) is 2. The molecule has 72 valence electrons. The molecule has 0 saturated carbocycles. The molecular formula is C8H5ClN2O3. The fourth-order valence-electron chi connectivity index (χ4n) is 0.982. The maximum Gasteiger partial charge on any atom is 0.274 e. The molecule has 0 saturated heterocycles. The number of nitro benzene ring substituents is 1. The van der Waals surface area contributed by atoms with Crippen LogP contribution in [0.4, 0.5) is 11.4 Å².